The zero-order valence-electron chi connectivity index (χ0n) is 16.8. The largest absolute Gasteiger partial charge is 0.356 e. The molecule has 0 bridgehead atoms. The molecule has 3 unspecified atom stereocenters. The molecule has 0 radical (unpaired) electrons. The zero-order valence-corrected chi connectivity index (χ0v) is 19.9. The summed E-state index contributed by atoms with van der Waals surface area (Å²) in [5, 5.41) is 9.98. The van der Waals surface area contributed by atoms with Crippen LogP contribution in [0.2, 0.25) is 0 Å². The van der Waals surface area contributed by atoms with Gasteiger partial charge in [-0.3, -0.25) is 14.0 Å². The summed E-state index contributed by atoms with van der Waals surface area (Å²) in [6.07, 6.45) is 5.01. The van der Waals surface area contributed by atoms with Crippen LogP contribution in [0.3, 0.4) is 0 Å². The first-order chi connectivity index (χ1) is 13.1. The molecule has 28 heavy (non-hydrogen) atoms. The number of aliphatic imine (C=N–C) groups is 1. The van der Waals surface area contributed by atoms with Crippen LogP contribution in [0, 0.1) is 0 Å². The molecule has 1 aliphatic carbocycles. The van der Waals surface area contributed by atoms with Gasteiger partial charge in [-0.15, -0.1) is 24.0 Å². The molecule has 0 heterocycles. The van der Waals surface area contributed by atoms with Gasteiger partial charge < -0.3 is 16.0 Å². The Kier molecular flexibility index (Phi) is 12.4. The van der Waals surface area contributed by atoms with Gasteiger partial charge in [0.15, 0.2) is 5.96 Å². The van der Waals surface area contributed by atoms with E-state index in [1.54, 1.807) is 7.05 Å². The van der Waals surface area contributed by atoms with Crippen LogP contribution in [-0.2, 0) is 10.8 Å². The van der Waals surface area contributed by atoms with E-state index in [1.807, 2.05) is 37.3 Å². The van der Waals surface area contributed by atoms with Gasteiger partial charge in [0.05, 0.1) is 0 Å². The van der Waals surface area contributed by atoms with E-state index in [4.69, 9.17) is 0 Å². The molecule has 3 N–H and O–H groups in total. The lowest BCUT2D eigenvalue weighted by molar-refractivity contribution is 0.0953. The number of benzene rings is 1. The Morgan fingerprint density at radius 3 is 2.57 bits per heavy atom. The lowest BCUT2D eigenvalue weighted by Gasteiger charge is -2.30. The van der Waals surface area contributed by atoms with Crippen LogP contribution in [0.25, 0.3) is 0 Å². The molecule has 0 saturated heterocycles. The molecule has 1 aromatic carbocycles. The summed E-state index contributed by atoms with van der Waals surface area (Å²) in [6.45, 7) is 3.33. The number of halogens is 1. The van der Waals surface area contributed by atoms with Gasteiger partial charge >= 0.3 is 0 Å². The molecule has 0 aromatic heterocycles. The van der Waals surface area contributed by atoms with Crippen molar-refractivity contribution in [1.82, 2.24) is 16.0 Å². The van der Waals surface area contributed by atoms with Crippen molar-refractivity contribution >= 4 is 46.6 Å². The van der Waals surface area contributed by atoms with E-state index in [1.165, 1.54) is 0 Å². The summed E-state index contributed by atoms with van der Waals surface area (Å²) in [6, 6.07) is 9.55. The molecular weight excluding hydrogens is 487 g/mol. The average Bonchev–Trinajstić information content (AvgIpc) is 2.72. The summed E-state index contributed by atoms with van der Waals surface area (Å²) < 4.78 is 12.1. The number of amides is 1. The average molecular weight is 520 g/mol. The number of nitrogens with zero attached hydrogens (tertiary/aromatic N) is 1. The van der Waals surface area contributed by atoms with Gasteiger partial charge in [0.1, 0.15) is 0 Å². The van der Waals surface area contributed by atoms with Crippen LogP contribution in [0.4, 0.5) is 0 Å². The highest BCUT2D eigenvalue weighted by atomic mass is 127. The van der Waals surface area contributed by atoms with Gasteiger partial charge in [-0.1, -0.05) is 31.5 Å². The highest BCUT2D eigenvalue weighted by Gasteiger charge is 2.25. The number of guanidine groups is 1. The highest BCUT2D eigenvalue weighted by molar-refractivity contribution is 14.0. The Hall–Kier alpha value is -1.16. The molecule has 3 atom stereocenters. The first-order valence-electron chi connectivity index (χ1n) is 9.81. The number of hydrogen-bond donors (Lipinski definition) is 3. The lowest BCUT2D eigenvalue weighted by Crippen LogP contribution is -2.47. The maximum absolute atomic E-state index is 12.1. The highest BCUT2D eigenvalue weighted by Crippen LogP contribution is 2.22. The van der Waals surface area contributed by atoms with E-state index in [0.29, 0.717) is 23.4 Å². The third-order valence-electron chi connectivity index (χ3n) is 4.81. The van der Waals surface area contributed by atoms with Gasteiger partial charge in [0.2, 0.25) is 0 Å². The fourth-order valence-electron chi connectivity index (χ4n) is 3.33. The molecule has 8 heteroatoms. The van der Waals surface area contributed by atoms with Crippen molar-refractivity contribution in [3.05, 3.63) is 35.9 Å². The quantitative estimate of drug-likeness (QED) is 0.213. The molecule has 0 spiro atoms. The Balaban J connectivity index is 0.00000392. The second-order valence-corrected chi connectivity index (χ2v) is 8.78. The maximum atomic E-state index is 12.1. The van der Waals surface area contributed by atoms with Gasteiger partial charge in [-0.05, 0) is 37.8 Å². The third kappa shape index (κ3) is 8.46. The van der Waals surface area contributed by atoms with Gasteiger partial charge in [0, 0.05) is 53.5 Å². The number of rotatable bonds is 8. The predicted octanol–water partition coefficient (Wildman–Crippen LogP) is 2.67. The van der Waals surface area contributed by atoms with E-state index >= 15 is 0 Å². The van der Waals surface area contributed by atoms with Crippen LogP contribution in [-0.4, -0.2) is 53.3 Å². The second kappa shape index (κ2) is 13.9. The fourth-order valence-corrected chi connectivity index (χ4v) is 4.68. The van der Waals surface area contributed by atoms with Gasteiger partial charge in [-0.25, -0.2) is 0 Å². The fraction of sp³-hybridized carbons (Fsp3) is 0.600. The number of carbonyl (C=O) groups excluding carboxylic acids is 1. The van der Waals surface area contributed by atoms with Crippen molar-refractivity contribution in [1.29, 1.82) is 0 Å². The van der Waals surface area contributed by atoms with Gasteiger partial charge in [-0.2, -0.15) is 0 Å². The molecule has 2 rings (SSSR count). The number of nitrogens with one attached hydrogen (secondary N) is 3. The summed E-state index contributed by atoms with van der Waals surface area (Å²) >= 11 is 0. The molecular formula is C20H33IN4O2S. The summed E-state index contributed by atoms with van der Waals surface area (Å²) in [4.78, 5) is 16.3. The van der Waals surface area contributed by atoms with E-state index in [0.717, 1.165) is 50.4 Å². The maximum Gasteiger partial charge on any atom is 0.251 e. The standard InChI is InChI=1S/C20H32N4O2S.HI/c1-3-27(26)18-12-7-11-17(15-18)24-20(21-2)23-14-8-13-22-19(25)16-9-5-4-6-10-16;/h4-6,9-10,17-18H,3,7-8,11-15H2,1-2H3,(H,22,25)(H2,21,23,24);1H. The Bertz CT molecular complexity index is 642. The predicted molar refractivity (Wildman–Crippen MR) is 128 cm³/mol. The zero-order chi connectivity index (χ0) is 19.5. The van der Waals surface area contributed by atoms with Crippen molar-refractivity contribution in [3.8, 4) is 0 Å². The minimum Gasteiger partial charge on any atom is -0.356 e. The van der Waals surface area contributed by atoms with Crippen molar-refractivity contribution < 1.29 is 9.00 Å². The van der Waals surface area contributed by atoms with Crippen LogP contribution < -0.4 is 16.0 Å². The molecule has 1 fully saturated rings. The topological polar surface area (TPSA) is 82.6 Å². The minimum atomic E-state index is -0.720. The van der Waals surface area contributed by atoms with E-state index in [-0.39, 0.29) is 29.9 Å². The van der Waals surface area contributed by atoms with E-state index in [9.17, 15) is 9.00 Å². The van der Waals surface area contributed by atoms with E-state index < -0.39 is 10.8 Å². The molecule has 1 aliphatic rings. The monoisotopic (exact) mass is 520 g/mol. The molecule has 1 amide bonds. The van der Waals surface area contributed by atoms with E-state index in [2.05, 4.69) is 20.9 Å². The lowest BCUT2D eigenvalue weighted by atomic mass is 9.95. The second-order valence-electron chi connectivity index (χ2n) is 6.77. The molecule has 158 valence electrons. The van der Waals surface area contributed by atoms with Crippen LogP contribution in [0.5, 0.6) is 0 Å². The van der Waals surface area contributed by atoms with Crippen molar-refractivity contribution in [2.75, 3.05) is 25.9 Å². The molecule has 1 aromatic rings. The Morgan fingerprint density at radius 2 is 1.89 bits per heavy atom. The summed E-state index contributed by atoms with van der Waals surface area (Å²) in [5.74, 6) is 1.46. The SMILES string of the molecule is CCS(=O)C1CCCC(NC(=NC)NCCCNC(=O)c2ccccc2)C1.I. The summed E-state index contributed by atoms with van der Waals surface area (Å²) in [5.41, 5.74) is 0.680. The third-order valence-corrected chi connectivity index (χ3v) is 6.56. The first kappa shape index (κ1) is 24.9. The van der Waals surface area contributed by atoms with Crippen molar-refractivity contribution in [2.24, 2.45) is 4.99 Å². The Labute approximate surface area is 188 Å². The minimum absolute atomic E-state index is 0. The number of hydrogen-bond acceptors (Lipinski definition) is 3. The summed E-state index contributed by atoms with van der Waals surface area (Å²) in [7, 11) is 1.04. The normalized spacial score (nSPS) is 20.6. The van der Waals surface area contributed by atoms with Crippen LogP contribution in [0.15, 0.2) is 35.3 Å². The molecule has 6 nitrogen and oxygen atoms in total. The van der Waals surface area contributed by atoms with Crippen molar-refractivity contribution in [2.45, 2.75) is 50.3 Å². The Morgan fingerprint density at radius 1 is 1.18 bits per heavy atom. The molecule has 0 aliphatic heterocycles. The van der Waals surface area contributed by atoms with Crippen molar-refractivity contribution in [3.63, 3.8) is 0 Å². The number of carbonyl (C=O) groups is 1. The van der Waals surface area contributed by atoms with Crippen LogP contribution >= 0.6 is 24.0 Å². The first-order valence-corrected chi connectivity index (χ1v) is 11.2. The van der Waals surface area contributed by atoms with Crippen LogP contribution in [0.1, 0.15) is 49.4 Å². The smallest absolute Gasteiger partial charge is 0.251 e. The molecule has 1 saturated carbocycles. The van der Waals surface area contributed by atoms with Gasteiger partial charge in [0.25, 0.3) is 5.91 Å².